The molecule has 2 aliphatic carbocycles. The first kappa shape index (κ1) is 17.9. The number of carbonyl (C=O) groups is 2. The van der Waals surface area contributed by atoms with Crippen LogP contribution in [0.15, 0.2) is 11.3 Å². The Bertz CT molecular complexity index is 607. The molecule has 0 aromatic rings. The molecule has 0 aromatic carbocycles. The van der Waals surface area contributed by atoms with Crippen molar-refractivity contribution in [3.05, 3.63) is 11.3 Å². The van der Waals surface area contributed by atoms with Gasteiger partial charge >= 0.3 is 0 Å². The Hall–Kier alpha value is -1.44. The van der Waals surface area contributed by atoms with E-state index in [1.54, 1.807) is 7.05 Å². The first-order valence-electron chi connectivity index (χ1n) is 9.64. The summed E-state index contributed by atoms with van der Waals surface area (Å²) in [5.41, 5.74) is 2.61. The average Bonchev–Trinajstić information content (AvgIpc) is 3.31. The molecular weight excluding hydrogens is 336 g/mol. The van der Waals surface area contributed by atoms with Gasteiger partial charge in [-0.05, 0) is 30.8 Å². The molecule has 3 aliphatic heterocycles. The zero-order chi connectivity index (χ0) is 18.3. The first-order valence-corrected chi connectivity index (χ1v) is 9.64. The third-order valence-electron chi connectivity index (χ3n) is 6.31. The number of hydrogen-bond acceptors (Lipinski definition) is 6. The molecule has 4 unspecified atom stereocenters. The number of fused-ring (bicyclic) bond motifs is 5. The Morgan fingerprint density at radius 1 is 0.962 bits per heavy atom. The highest BCUT2D eigenvalue weighted by Gasteiger charge is 2.58. The molecule has 5 rings (SSSR count). The second-order valence-electron chi connectivity index (χ2n) is 7.70. The summed E-state index contributed by atoms with van der Waals surface area (Å²) in [4.78, 5) is 28.7. The number of imide groups is 1. The fourth-order valence-electron chi connectivity index (χ4n) is 5.09. The normalized spacial score (nSPS) is 36.4. The number of ether oxygens (including phenoxy) is 3. The summed E-state index contributed by atoms with van der Waals surface area (Å²) < 4.78 is 15.4. The van der Waals surface area contributed by atoms with E-state index in [0.717, 1.165) is 39.0 Å². The lowest BCUT2D eigenvalue weighted by Crippen LogP contribution is -2.51. The minimum atomic E-state index is -0.299. The molecule has 0 N–H and O–H groups in total. The van der Waals surface area contributed by atoms with E-state index in [1.165, 1.54) is 22.6 Å². The van der Waals surface area contributed by atoms with Crippen molar-refractivity contribution in [1.82, 2.24) is 9.80 Å². The maximum atomic E-state index is 12.6. The summed E-state index contributed by atoms with van der Waals surface area (Å²) in [6.45, 7) is 3.56. The first-order chi connectivity index (χ1) is 12.6. The van der Waals surface area contributed by atoms with Gasteiger partial charge in [-0.15, -0.1) is 0 Å². The lowest BCUT2D eigenvalue weighted by molar-refractivity contribution is -0.139. The molecule has 4 fully saturated rings. The van der Waals surface area contributed by atoms with Crippen LogP contribution in [0.25, 0.3) is 0 Å². The van der Waals surface area contributed by atoms with Gasteiger partial charge in [-0.25, -0.2) is 0 Å². The number of rotatable bonds is 0. The van der Waals surface area contributed by atoms with E-state index in [9.17, 15) is 9.59 Å². The Morgan fingerprint density at radius 3 is 2.38 bits per heavy atom. The van der Waals surface area contributed by atoms with Gasteiger partial charge in [-0.2, -0.15) is 0 Å². The summed E-state index contributed by atoms with van der Waals surface area (Å²) in [7, 11) is 3.71. The van der Waals surface area contributed by atoms with Crippen molar-refractivity contribution in [3.8, 4) is 0 Å². The van der Waals surface area contributed by atoms with E-state index in [2.05, 4.69) is 11.9 Å². The predicted octanol–water partition coefficient (Wildman–Crippen LogP) is 0.997. The Kier molecular flexibility index (Phi) is 5.03. The maximum Gasteiger partial charge on any atom is 0.235 e. The van der Waals surface area contributed by atoms with Crippen LogP contribution in [0.3, 0.4) is 0 Å². The summed E-state index contributed by atoms with van der Waals surface area (Å²) in [5.74, 6) is -0.275. The smallest absolute Gasteiger partial charge is 0.235 e. The molecule has 1 saturated carbocycles. The molecule has 0 aromatic heterocycles. The molecule has 26 heavy (non-hydrogen) atoms. The van der Waals surface area contributed by atoms with Crippen molar-refractivity contribution in [2.45, 2.75) is 31.8 Å². The third kappa shape index (κ3) is 2.86. The van der Waals surface area contributed by atoms with E-state index >= 15 is 0 Å². The standard InChI is InChI=1S/C16H22N2O3.C3H6O2/c1-17-7-8-21-14-12-11(15(19)18(2)16(12)20)9-5-3-4-6-10(9)13(14)17;1-2-5-3-4-1/h9,11-12,14H,3-8H2,1-2H3;1-3H2. The number of likely N-dealkylation sites (tertiary alicyclic amines) is 1. The second kappa shape index (κ2) is 7.29. The van der Waals surface area contributed by atoms with E-state index in [4.69, 9.17) is 14.2 Å². The Morgan fingerprint density at radius 2 is 1.69 bits per heavy atom. The summed E-state index contributed by atoms with van der Waals surface area (Å²) in [6.07, 6.45) is 4.22. The largest absolute Gasteiger partial charge is 0.373 e. The van der Waals surface area contributed by atoms with Crippen LogP contribution in [-0.2, 0) is 23.8 Å². The van der Waals surface area contributed by atoms with Crippen LogP contribution < -0.4 is 0 Å². The third-order valence-corrected chi connectivity index (χ3v) is 6.31. The van der Waals surface area contributed by atoms with Gasteiger partial charge in [0.1, 0.15) is 12.9 Å². The lowest BCUT2D eigenvalue weighted by Gasteiger charge is -2.47. The van der Waals surface area contributed by atoms with Crippen molar-refractivity contribution in [2.24, 2.45) is 17.8 Å². The highest BCUT2D eigenvalue weighted by Crippen LogP contribution is 2.51. The highest BCUT2D eigenvalue weighted by atomic mass is 16.7. The number of carbonyl (C=O) groups excluding carboxylic acids is 2. The quantitative estimate of drug-likeness (QED) is 0.598. The molecule has 0 bridgehead atoms. The molecule has 5 aliphatic rings. The van der Waals surface area contributed by atoms with Gasteiger partial charge in [0.25, 0.3) is 0 Å². The van der Waals surface area contributed by atoms with Crippen LogP contribution >= 0.6 is 0 Å². The van der Waals surface area contributed by atoms with Crippen LogP contribution in [-0.4, -0.2) is 75.0 Å². The lowest BCUT2D eigenvalue weighted by atomic mass is 9.65. The monoisotopic (exact) mass is 364 g/mol. The zero-order valence-corrected chi connectivity index (χ0v) is 15.6. The molecule has 0 spiro atoms. The van der Waals surface area contributed by atoms with Gasteiger partial charge in [0.2, 0.25) is 11.8 Å². The number of likely N-dealkylation sites (N-methyl/N-ethyl adjacent to an activating group) is 1. The van der Waals surface area contributed by atoms with Gasteiger partial charge in [0.15, 0.2) is 0 Å². The minimum Gasteiger partial charge on any atom is -0.373 e. The van der Waals surface area contributed by atoms with E-state index in [1.807, 2.05) is 0 Å². The van der Waals surface area contributed by atoms with Gasteiger partial charge in [-0.1, -0.05) is 6.42 Å². The fourth-order valence-corrected chi connectivity index (χ4v) is 5.09. The van der Waals surface area contributed by atoms with Crippen LogP contribution in [0, 0.1) is 17.8 Å². The number of hydrogen-bond donors (Lipinski definition) is 0. The molecule has 7 nitrogen and oxygen atoms in total. The number of nitrogens with zero attached hydrogens (tertiary/aromatic N) is 2. The maximum absolute atomic E-state index is 12.6. The van der Waals surface area contributed by atoms with Gasteiger partial charge in [-0.3, -0.25) is 14.5 Å². The number of morpholine rings is 1. The predicted molar refractivity (Wildman–Crippen MR) is 92.9 cm³/mol. The van der Waals surface area contributed by atoms with Crippen LogP contribution in [0.5, 0.6) is 0 Å². The van der Waals surface area contributed by atoms with Crippen molar-refractivity contribution in [3.63, 3.8) is 0 Å². The van der Waals surface area contributed by atoms with Crippen molar-refractivity contribution >= 4 is 11.8 Å². The van der Waals surface area contributed by atoms with Crippen molar-refractivity contribution in [1.29, 1.82) is 0 Å². The van der Waals surface area contributed by atoms with Crippen molar-refractivity contribution < 1.29 is 23.8 Å². The Balaban J connectivity index is 0.000000292. The molecule has 0 radical (unpaired) electrons. The molecule has 3 heterocycles. The molecule has 3 saturated heterocycles. The zero-order valence-electron chi connectivity index (χ0n) is 15.6. The second-order valence-corrected chi connectivity index (χ2v) is 7.70. The molecule has 144 valence electrons. The van der Waals surface area contributed by atoms with E-state index < -0.39 is 0 Å². The van der Waals surface area contributed by atoms with Gasteiger partial charge in [0.05, 0.1) is 31.7 Å². The number of amides is 2. The molecule has 4 atom stereocenters. The molecular formula is C19H28N2O5. The Labute approximate surface area is 154 Å². The molecule has 7 heteroatoms. The van der Waals surface area contributed by atoms with Crippen LogP contribution in [0.2, 0.25) is 0 Å². The molecule has 2 amide bonds. The summed E-state index contributed by atoms with van der Waals surface area (Å²) in [5, 5.41) is 0. The van der Waals surface area contributed by atoms with Crippen LogP contribution in [0.1, 0.15) is 25.7 Å². The minimum absolute atomic E-state index is 0.00489. The van der Waals surface area contributed by atoms with Gasteiger partial charge in [0, 0.05) is 26.3 Å². The van der Waals surface area contributed by atoms with E-state index in [-0.39, 0.29) is 35.7 Å². The SMILES string of the molecule is C1COCO1.CN1CCOC2C1=C1CCCCC1C1C(=O)N(C)C(=O)C21. The van der Waals surface area contributed by atoms with Crippen molar-refractivity contribution in [2.75, 3.05) is 47.3 Å². The van der Waals surface area contributed by atoms with Crippen LogP contribution in [0.4, 0.5) is 0 Å². The van der Waals surface area contributed by atoms with Gasteiger partial charge < -0.3 is 19.1 Å². The highest BCUT2D eigenvalue weighted by molar-refractivity contribution is 6.06. The fraction of sp³-hybridized carbons (Fsp3) is 0.789. The average molecular weight is 364 g/mol. The summed E-state index contributed by atoms with van der Waals surface area (Å²) >= 11 is 0. The number of allylic oxidation sites excluding steroid dienone is 1. The summed E-state index contributed by atoms with van der Waals surface area (Å²) in [6, 6.07) is 0. The topological polar surface area (TPSA) is 68.3 Å². The van der Waals surface area contributed by atoms with E-state index in [0.29, 0.717) is 13.4 Å².